The second-order valence-corrected chi connectivity index (χ2v) is 5.29. The van der Waals surface area contributed by atoms with Crippen molar-refractivity contribution in [2.45, 2.75) is 57.5 Å². The zero-order valence-corrected chi connectivity index (χ0v) is 9.68. The number of hydrogen-bond donors (Lipinski definition) is 1. The van der Waals surface area contributed by atoms with Gasteiger partial charge in [-0.1, -0.05) is 6.42 Å². The summed E-state index contributed by atoms with van der Waals surface area (Å²) in [6.45, 7) is 8.47. The van der Waals surface area contributed by atoms with E-state index < -0.39 is 0 Å². The van der Waals surface area contributed by atoms with Gasteiger partial charge in [0.2, 0.25) is 0 Å². The summed E-state index contributed by atoms with van der Waals surface area (Å²) in [6, 6.07) is 0.732. The zero-order chi connectivity index (χ0) is 10.0. The van der Waals surface area contributed by atoms with Gasteiger partial charge in [-0.05, 0) is 46.1 Å². The molecule has 82 valence electrons. The summed E-state index contributed by atoms with van der Waals surface area (Å²) in [7, 11) is 0. The van der Waals surface area contributed by atoms with Crippen LogP contribution in [0.25, 0.3) is 0 Å². The summed E-state index contributed by atoms with van der Waals surface area (Å²) in [5, 5.41) is 3.77. The summed E-state index contributed by atoms with van der Waals surface area (Å²) in [5.74, 6) is 0. The van der Waals surface area contributed by atoms with E-state index in [0.29, 0.717) is 5.54 Å². The number of piperidine rings is 2. The predicted octanol–water partition coefficient (Wildman–Crippen LogP) is 2.00. The van der Waals surface area contributed by atoms with Crippen molar-refractivity contribution in [3.8, 4) is 0 Å². The first-order chi connectivity index (χ1) is 6.72. The molecule has 0 amide bonds. The van der Waals surface area contributed by atoms with Crippen LogP contribution in [-0.2, 0) is 0 Å². The summed E-state index contributed by atoms with van der Waals surface area (Å²) >= 11 is 0. The van der Waals surface area contributed by atoms with Crippen molar-refractivity contribution in [3.63, 3.8) is 0 Å². The second-order valence-electron chi connectivity index (χ2n) is 5.29. The first-order valence-corrected chi connectivity index (χ1v) is 6.21. The van der Waals surface area contributed by atoms with Crippen LogP contribution in [0.3, 0.4) is 0 Å². The maximum atomic E-state index is 3.77. The summed E-state index contributed by atoms with van der Waals surface area (Å²) < 4.78 is 0. The molecular weight excluding hydrogens is 172 g/mol. The lowest BCUT2D eigenvalue weighted by molar-refractivity contribution is 0.0925. The van der Waals surface area contributed by atoms with Gasteiger partial charge in [0.15, 0.2) is 0 Å². The Morgan fingerprint density at radius 1 is 1.07 bits per heavy atom. The van der Waals surface area contributed by atoms with Gasteiger partial charge in [-0.2, -0.15) is 0 Å². The summed E-state index contributed by atoms with van der Waals surface area (Å²) in [5.41, 5.74) is 0.531. The minimum Gasteiger partial charge on any atom is -0.311 e. The van der Waals surface area contributed by atoms with Crippen LogP contribution in [0.4, 0.5) is 0 Å². The highest BCUT2D eigenvalue weighted by molar-refractivity contribution is 4.95. The maximum Gasteiger partial charge on any atom is 0.0205 e. The van der Waals surface area contributed by atoms with Crippen LogP contribution in [0, 0.1) is 0 Å². The number of likely N-dealkylation sites (tertiary alicyclic amines) is 1. The highest BCUT2D eigenvalue weighted by Gasteiger charge is 2.35. The Hall–Kier alpha value is -0.0800. The number of rotatable bonds is 1. The predicted molar refractivity (Wildman–Crippen MR) is 60.5 cm³/mol. The molecule has 0 saturated carbocycles. The van der Waals surface area contributed by atoms with E-state index in [0.717, 1.165) is 6.04 Å². The van der Waals surface area contributed by atoms with Gasteiger partial charge in [0.25, 0.3) is 0 Å². The van der Waals surface area contributed by atoms with E-state index in [2.05, 4.69) is 24.1 Å². The van der Waals surface area contributed by atoms with Crippen molar-refractivity contribution in [3.05, 3.63) is 0 Å². The fourth-order valence-electron chi connectivity index (χ4n) is 2.93. The van der Waals surface area contributed by atoms with Crippen LogP contribution >= 0.6 is 0 Å². The standard InChI is InChI=1S/C12H24N2/c1-11(2)14-9-6-12(7-10-14)5-3-4-8-13-12/h11,13H,3-10H2,1-2H3. The molecule has 2 saturated heterocycles. The molecular formula is C12H24N2. The fraction of sp³-hybridized carbons (Fsp3) is 1.00. The summed E-state index contributed by atoms with van der Waals surface area (Å²) in [4.78, 5) is 2.61. The van der Waals surface area contributed by atoms with Crippen molar-refractivity contribution in [1.82, 2.24) is 10.2 Å². The lowest BCUT2D eigenvalue weighted by Crippen LogP contribution is -2.56. The van der Waals surface area contributed by atoms with Crippen LogP contribution in [0.2, 0.25) is 0 Å². The molecule has 2 nitrogen and oxygen atoms in total. The second kappa shape index (κ2) is 4.19. The average Bonchev–Trinajstić information content (AvgIpc) is 2.19. The minimum absolute atomic E-state index is 0.531. The van der Waals surface area contributed by atoms with Gasteiger partial charge in [0.1, 0.15) is 0 Å². The van der Waals surface area contributed by atoms with Crippen LogP contribution in [-0.4, -0.2) is 36.1 Å². The Bertz CT molecular complexity index is 173. The molecule has 0 radical (unpaired) electrons. The number of nitrogens with one attached hydrogen (secondary N) is 1. The van der Waals surface area contributed by atoms with Crippen molar-refractivity contribution in [2.24, 2.45) is 0 Å². The quantitative estimate of drug-likeness (QED) is 0.690. The van der Waals surface area contributed by atoms with Crippen LogP contribution < -0.4 is 5.32 Å². The van der Waals surface area contributed by atoms with E-state index in [1.807, 2.05) is 0 Å². The lowest BCUT2D eigenvalue weighted by Gasteiger charge is -2.46. The molecule has 2 aliphatic heterocycles. The van der Waals surface area contributed by atoms with Crippen LogP contribution in [0.15, 0.2) is 0 Å². The smallest absolute Gasteiger partial charge is 0.0205 e. The summed E-state index contributed by atoms with van der Waals surface area (Å²) in [6.07, 6.45) is 6.97. The van der Waals surface area contributed by atoms with E-state index in [9.17, 15) is 0 Å². The first-order valence-electron chi connectivity index (χ1n) is 6.21. The Morgan fingerprint density at radius 3 is 2.29 bits per heavy atom. The van der Waals surface area contributed by atoms with Crippen molar-refractivity contribution < 1.29 is 0 Å². The van der Waals surface area contributed by atoms with E-state index in [1.165, 1.54) is 51.7 Å². The van der Waals surface area contributed by atoms with Crippen LogP contribution in [0.1, 0.15) is 46.0 Å². The average molecular weight is 196 g/mol. The maximum absolute atomic E-state index is 3.77. The molecule has 0 bridgehead atoms. The topological polar surface area (TPSA) is 15.3 Å². The van der Waals surface area contributed by atoms with Crippen molar-refractivity contribution in [1.29, 1.82) is 0 Å². The monoisotopic (exact) mass is 196 g/mol. The first kappa shape index (κ1) is 10.4. The molecule has 0 atom stereocenters. The largest absolute Gasteiger partial charge is 0.311 e. The van der Waals surface area contributed by atoms with E-state index in [-0.39, 0.29) is 0 Å². The Balaban J connectivity index is 1.87. The third-order valence-electron chi connectivity index (χ3n) is 4.07. The minimum atomic E-state index is 0.531. The van der Waals surface area contributed by atoms with Gasteiger partial charge in [-0.25, -0.2) is 0 Å². The molecule has 2 heteroatoms. The molecule has 0 unspecified atom stereocenters. The molecule has 2 heterocycles. The molecule has 0 aromatic rings. The molecule has 0 aliphatic carbocycles. The van der Waals surface area contributed by atoms with E-state index in [4.69, 9.17) is 0 Å². The number of nitrogens with zero attached hydrogens (tertiary/aromatic N) is 1. The van der Waals surface area contributed by atoms with Gasteiger partial charge in [0, 0.05) is 24.7 Å². The number of hydrogen-bond acceptors (Lipinski definition) is 2. The van der Waals surface area contributed by atoms with Gasteiger partial charge in [0.05, 0.1) is 0 Å². The molecule has 14 heavy (non-hydrogen) atoms. The molecule has 0 aromatic heterocycles. The lowest BCUT2D eigenvalue weighted by atomic mass is 9.80. The molecule has 2 rings (SSSR count). The Morgan fingerprint density at radius 2 is 1.79 bits per heavy atom. The van der Waals surface area contributed by atoms with Gasteiger partial charge in [-0.15, -0.1) is 0 Å². The third kappa shape index (κ3) is 2.12. The van der Waals surface area contributed by atoms with Gasteiger partial charge in [-0.3, -0.25) is 0 Å². The SMILES string of the molecule is CC(C)N1CCC2(CCCCN2)CC1. The van der Waals surface area contributed by atoms with Crippen molar-refractivity contribution in [2.75, 3.05) is 19.6 Å². The fourth-order valence-corrected chi connectivity index (χ4v) is 2.93. The van der Waals surface area contributed by atoms with E-state index in [1.54, 1.807) is 0 Å². The Kier molecular flexibility index (Phi) is 3.13. The molecule has 1 N–H and O–H groups in total. The van der Waals surface area contributed by atoms with Crippen molar-refractivity contribution >= 4 is 0 Å². The Labute approximate surface area is 88.1 Å². The highest BCUT2D eigenvalue weighted by Crippen LogP contribution is 2.30. The third-order valence-corrected chi connectivity index (χ3v) is 4.07. The molecule has 1 spiro atoms. The van der Waals surface area contributed by atoms with Gasteiger partial charge >= 0.3 is 0 Å². The van der Waals surface area contributed by atoms with Crippen LogP contribution in [0.5, 0.6) is 0 Å². The van der Waals surface area contributed by atoms with E-state index >= 15 is 0 Å². The molecule has 2 aliphatic rings. The molecule has 0 aromatic carbocycles. The normalized spacial score (nSPS) is 28.5. The zero-order valence-electron chi connectivity index (χ0n) is 9.68. The highest BCUT2D eigenvalue weighted by atomic mass is 15.2. The van der Waals surface area contributed by atoms with Gasteiger partial charge < -0.3 is 10.2 Å². The molecule has 2 fully saturated rings.